The molecule has 7 rings (SSSR count). The Bertz CT molecular complexity index is 1670. The monoisotopic (exact) mass is 947 g/mol. The second kappa shape index (κ2) is 19.6. The average Bonchev–Trinajstić information content (AvgIpc) is 3.54. The van der Waals surface area contributed by atoms with Crippen molar-refractivity contribution in [1.82, 2.24) is 0 Å². The van der Waals surface area contributed by atoms with E-state index in [1.54, 1.807) is 13.8 Å². The highest BCUT2D eigenvalue weighted by atomic mass is 16.8. The number of aliphatic hydroxyl groups is 12. The van der Waals surface area contributed by atoms with Crippen LogP contribution in [-0.4, -0.2) is 191 Å². The van der Waals surface area contributed by atoms with E-state index >= 15 is 0 Å². The van der Waals surface area contributed by atoms with Crippen LogP contribution < -0.4 is 0 Å². The first-order valence-electron chi connectivity index (χ1n) is 24.4. The number of fused-ring (bicyclic) bond motifs is 5. The lowest BCUT2D eigenvalue weighted by atomic mass is 9.39. The number of hydrogen-bond donors (Lipinski definition) is 12. The van der Waals surface area contributed by atoms with Crippen LogP contribution in [0, 0.1) is 45.3 Å². The van der Waals surface area contributed by atoms with E-state index in [9.17, 15) is 61.3 Å². The van der Waals surface area contributed by atoms with Crippen molar-refractivity contribution >= 4 is 0 Å². The summed E-state index contributed by atoms with van der Waals surface area (Å²) >= 11 is 0. The Balaban J connectivity index is 1.09. The fraction of sp³-hybridized carbons (Fsp3) is 0.958. The van der Waals surface area contributed by atoms with Crippen molar-refractivity contribution in [2.45, 2.75) is 223 Å². The van der Waals surface area contributed by atoms with Crippen LogP contribution in [0.3, 0.4) is 0 Å². The Kier molecular flexibility index (Phi) is 15.7. The Morgan fingerprint density at radius 1 is 0.667 bits per heavy atom. The third-order valence-electron chi connectivity index (χ3n) is 18.6. The highest BCUT2D eigenvalue weighted by Gasteiger charge is 2.67. The van der Waals surface area contributed by atoms with Crippen molar-refractivity contribution in [3.05, 3.63) is 11.6 Å². The molecule has 24 atom stereocenters. The summed E-state index contributed by atoms with van der Waals surface area (Å²) in [5.41, 5.74) is -0.0410. The predicted octanol–water partition coefficient (Wildman–Crippen LogP) is -0.0268. The van der Waals surface area contributed by atoms with Crippen LogP contribution in [0.5, 0.6) is 0 Å². The lowest BCUT2D eigenvalue weighted by molar-refractivity contribution is -0.380. The van der Waals surface area contributed by atoms with Crippen molar-refractivity contribution < 1.29 is 89.7 Å². The summed E-state index contributed by atoms with van der Waals surface area (Å²) in [6, 6.07) is 0. The van der Waals surface area contributed by atoms with E-state index in [1.807, 2.05) is 0 Å². The molecule has 0 spiro atoms. The molecule has 0 aromatic carbocycles. The minimum atomic E-state index is -1.88. The lowest BCUT2D eigenvalue weighted by Gasteiger charge is -2.66. The smallest absolute Gasteiger partial charge is 0.187 e. The average molecular weight is 947 g/mol. The maximum absolute atomic E-state index is 11.7. The molecule has 0 aromatic rings. The third kappa shape index (κ3) is 9.12. The SMILES string of the molecule is CC(CCC(O[C@@H]1O[C@H](CO[C@@H]2O[C@H](CO)[C@@H](O)[C@H](O)[C@H]2O)[C@@H](O)[C@H](O)[C@H]1O[C@@H]1O[C@H](CO)[C@@H](O)[C@H](O)[C@H]1O)C(C)(C)O)C1CCC2(C)C3CC=C4C(CC[C@H](O)C4(C)C)C3(C)CCC12C. The van der Waals surface area contributed by atoms with Crippen molar-refractivity contribution in [3.63, 3.8) is 0 Å². The van der Waals surface area contributed by atoms with E-state index in [2.05, 4.69) is 47.6 Å². The molecule has 0 radical (unpaired) electrons. The zero-order chi connectivity index (χ0) is 48.6. The Morgan fingerprint density at radius 3 is 1.85 bits per heavy atom. The van der Waals surface area contributed by atoms with Gasteiger partial charge in [-0.05, 0) is 112 Å². The van der Waals surface area contributed by atoms with Crippen molar-refractivity contribution in [3.8, 4) is 0 Å². The maximum Gasteiger partial charge on any atom is 0.187 e. The molecule has 3 heterocycles. The molecule has 382 valence electrons. The molecule has 18 heteroatoms. The van der Waals surface area contributed by atoms with Gasteiger partial charge in [-0.1, -0.05) is 53.2 Å². The van der Waals surface area contributed by atoms with Crippen LogP contribution in [0.15, 0.2) is 11.6 Å². The van der Waals surface area contributed by atoms with Gasteiger partial charge < -0.3 is 89.7 Å². The second-order valence-electron chi connectivity index (χ2n) is 23.0. The van der Waals surface area contributed by atoms with Gasteiger partial charge in [0.05, 0.1) is 37.6 Å². The highest BCUT2D eigenvalue weighted by molar-refractivity contribution is 5.30. The molecule has 0 aromatic heterocycles. The van der Waals surface area contributed by atoms with Gasteiger partial charge in [0, 0.05) is 5.41 Å². The molecule has 18 nitrogen and oxygen atoms in total. The normalized spacial score (nSPS) is 50.4. The zero-order valence-electron chi connectivity index (χ0n) is 40.0. The quantitative estimate of drug-likeness (QED) is 0.102. The Labute approximate surface area is 388 Å². The van der Waals surface area contributed by atoms with Gasteiger partial charge in [-0.15, -0.1) is 0 Å². The number of aliphatic hydroxyl groups excluding tert-OH is 11. The van der Waals surface area contributed by atoms with Gasteiger partial charge in [0.2, 0.25) is 0 Å². The van der Waals surface area contributed by atoms with Gasteiger partial charge in [0.25, 0.3) is 0 Å². The molecule has 6 fully saturated rings. The van der Waals surface area contributed by atoms with Crippen molar-refractivity contribution in [2.75, 3.05) is 19.8 Å². The Hall–Kier alpha value is -0.980. The lowest BCUT2D eigenvalue weighted by Crippen LogP contribution is -2.65. The molecule has 7 aliphatic rings. The van der Waals surface area contributed by atoms with Crippen LogP contribution in [0.2, 0.25) is 0 Å². The summed E-state index contributed by atoms with van der Waals surface area (Å²) in [6.45, 7) is 15.3. The summed E-state index contributed by atoms with van der Waals surface area (Å²) in [6.07, 6.45) is -15.6. The van der Waals surface area contributed by atoms with E-state index in [-0.39, 0.29) is 33.7 Å². The summed E-state index contributed by atoms with van der Waals surface area (Å²) in [5, 5.41) is 128. The molecular formula is C48H82O18. The first kappa shape index (κ1) is 52.8. The zero-order valence-corrected chi connectivity index (χ0v) is 40.0. The molecule has 3 saturated carbocycles. The van der Waals surface area contributed by atoms with Gasteiger partial charge in [0.1, 0.15) is 73.2 Å². The molecule has 0 bridgehead atoms. The van der Waals surface area contributed by atoms with Crippen LogP contribution in [0.4, 0.5) is 0 Å². The molecule has 4 aliphatic carbocycles. The largest absolute Gasteiger partial charge is 0.394 e. The van der Waals surface area contributed by atoms with Crippen LogP contribution in [0.1, 0.15) is 113 Å². The number of ether oxygens (including phenoxy) is 6. The van der Waals surface area contributed by atoms with Gasteiger partial charge in [0.15, 0.2) is 18.9 Å². The summed E-state index contributed by atoms with van der Waals surface area (Å²) in [4.78, 5) is 0. The predicted molar refractivity (Wildman–Crippen MR) is 234 cm³/mol. The molecule has 0 amide bonds. The number of rotatable bonds is 14. The second-order valence-corrected chi connectivity index (χ2v) is 23.0. The van der Waals surface area contributed by atoms with Gasteiger partial charge in [-0.25, -0.2) is 0 Å². The van der Waals surface area contributed by atoms with Crippen LogP contribution in [0.25, 0.3) is 0 Å². The van der Waals surface area contributed by atoms with Crippen molar-refractivity contribution in [2.24, 2.45) is 45.3 Å². The van der Waals surface area contributed by atoms with E-state index < -0.39 is 124 Å². The molecular weight excluding hydrogens is 865 g/mol. The van der Waals surface area contributed by atoms with Gasteiger partial charge in [-0.2, -0.15) is 0 Å². The fourth-order valence-electron chi connectivity index (χ4n) is 14.0. The van der Waals surface area contributed by atoms with Crippen molar-refractivity contribution in [1.29, 1.82) is 0 Å². The standard InChI is InChI=1S/C48H82O18/c1-22(23-15-16-48(8)29-12-10-24-25(11-13-30(51)44(24,2)3)46(29,6)17-18-47(23,48)7)9-14-31(45(4,5)60)65-43-40(66-42-39(59)36(56)33(53)27(20-50)63-42)37(57)34(54)28(64-43)21-61-41-38(58)35(55)32(52)26(19-49)62-41/h10,22-23,25-43,49-60H,9,11-21H2,1-8H3/t22?,23?,25?,26-,27-,28-,29?,30+,31?,32-,33-,34-,35+,36+,37+,38-,39-,40-,41-,42+,43+,46?,47?,48?/m1/s1. The minimum Gasteiger partial charge on any atom is -0.394 e. The molecule has 3 aliphatic heterocycles. The maximum atomic E-state index is 11.7. The Morgan fingerprint density at radius 2 is 1.24 bits per heavy atom. The topological polar surface area (TPSA) is 298 Å². The summed E-state index contributed by atoms with van der Waals surface area (Å²) < 4.78 is 35.5. The van der Waals surface area contributed by atoms with E-state index in [0.717, 1.165) is 44.9 Å². The van der Waals surface area contributed by atoms with E-state index in [4.69, 9.17) is 28.4 Å². The minimum absolute atomic E-state index is 0.0436. The van der Waals surface area contributed by atoms with Gasteiger partial charge >= 0.3 is 0 Å². The number of hydrogen-bond acceptors (Lipinski definition) is 18. The molecule has 12 N–H and O–H groups in total. The molecule has 3 saturated heterocycles. The van der Waals surface area contributed by atoms with Crippen LogP contribution >= 0.6 is 0 Å². The van der Waals surface area contributed by atoms with Gasteiger partial charge in [-0.3, -0.25) is 0 Å². The molecule has 8 unspecified atom stereocenters. The molecule has 66 heavy (non-hydrogen) atoms. The van der Waals surface area contributed by atoms with E-state index in [0.29, 0.717) is 30.6 Å². The summed E-state index contributed by atoms with van der Waals surface area (Å²) in [5.74, 6) is 1.52. The van der Waals surface area contributed by atoms with E-state index in [1.165, 1.54) is 5.57 Å². The summed E-state index contributed by atoms with van der Waals surface area (Å²) in [7, 11) is 0. The first-order chi connectivity index (χ1) is 30.8. The fourth-order valence-corrected chi connectivity index (χ4v) is 14.0. The first-order valence-corrected chi connectivity index (χ1v) is 24.4. The van der Waals surface area contributed by atoms with Crippen LogP contribution in [-0.2, 0) is 28.4 Å². The number of allylic oxidation sites excluding steroid dienone is 1. The third-order valence-corrected chi connectivity index (χ3v) is 18.6. The highest BCUT2D eigenvalue weighted by Crippen LogP contribution is 2.75.